The van der Waals surface area contributed by atoms with E-state index in [0.29, 0.717) is 23.0 Å². The molecule has 4 aliphatic carbocycles. The third kappa shape index (κ3) is 2.23. The summed E-state index contributed by atoms with van der Waals surface area (Å²) < 4.78 is 5.92. The number of rotatable bonds is 1. The number of ether oxygens (including phenoxy) is 1. The molecule has 0 heterocycles. The molecule has 1 spiro atoms. The molecule has 3 heteroatoms. The maximum Gasteiger partial charge on any atom is 0.302 e. The molecule has 4 fully saturated rings. The van der Waals surface area contributed by atoms with Crippen LogP contribution >= 0.6 is 0 Å². The van der Waals surface area contributed by atoms with E-state index in [4.69, 9.17) is 4.74 Å². The summed E-state index contributed by atoms with van der Waals surface area (Å²) in [5, 5.41) is 0. The topological polar surface area (TPSA) is 43.4 Å². The molecule has 140 valence electrons. The van der Waals surface area contributed by atoms with Crippen LogP contribution in [-0.2, 0) is 14.3 Å². The average molecular weight is 347 g/mol. The summed E-state index contributed by atoms with van der Waals surface area (Å²) in [6.45, 7) is 10.9. The third-order valence-corrected chi connectivity index (χ3v) is 8.92. The number of carbonyl (C=O) groups is 2. The highest BCUT2D eigenvalue weighted by Crippen LogP contribution is 2.71. The molecule has 0 N–H and O–H groups in total. The normalized spacial score (nSPS) is 50.8. The standard InChI is InChI=1S/C22H34O3/c1-13-15-11-16(25-14(2)23)18-21(5)9-6-8-20(3,4)17(21)7-10-22(18,12-15)19(13)24/h13,15-18H,6-12H2,1-5H3/t13-,15+,16+,17+,18-,21+,22+/m0/s1. The molecule has 2 bridgehead atoms. The van der Waals surface area contributed by atoms with Crippen molar-refractivity contribution in [3.63, 3.8) is 0 Å². The lowest BCUT2D eigenvalue weighted by molar-refractivity contribution is -0.200. The lowest BCUT2D eigenvalue weighted by atomic mass is 9.40. The minimum absolute atomic E-state index is 0.0631. The summed E-state index contributed by atoms with van der Waals surface area (Å²) >= 11 is 0. The Morgan fingerprint density at radius 3 is 2.56 bits per heavy atom. The number of hydrogen-bond acceptors (Lipinski definition) is 3. The Bertz CT molecular complexity index is 608. The van der Waals surface area contributed by atoms with E-state index < -0.39 is 0 Å². The summed E-state index contributed by atoms with van der Waals surface area (Å²) in [6, 6.07) is 0. The molecule has 0 unspecified atom stereocenters. The molecule has 25 heavy (non-hydrogen) atoms. The molecule has 0 amide bonds. The average Bonchev–Trinajstić information content (AvgIpc) is 2.67. The molecule has 4 aliphatic rings. The van der Waals surface area contributed by atoms with Crippen LogP contribution in [0.3, 0.4) is 0 Å². The van der Waals surface area contributed by atoms with E-state index in [9.17, 15) is 9.59 Å². The highest BCUT2D eigenvalue weighted by molar-refractivity contribution is 5.90. The molecule has 0 aromatic rings. The van der Waals surface area contributed by atoms with E-state index in [1.54, 1.807) is 0 Å². The Morgan fingerprint density at radius 1 is 1.16 bits per heavy atom. The van der Waals surface area contributed by atoms with Gasteiger partial charge in [-0.1, -0.05) is 34.1 Å². The van der Waals surface area contributed by atoms with Crippen molar-refractivity contribution in [2.45, 2.75) is 85.7 Å². The lowest BCUT2D eigenvalue weighted by Crippen LogP contribution is -2.61. The smallest absolute Gasteiger partial charge is 0.302 e. The van der Waals surface area contributed by atoms with E-state index in [1.807, 2.05) is 0 Å². The highest BCUT2D eigenvalue weighted by atomic mass is 16.5. The van der Waals surface area contributed by atoms with Gasteiger partial charge in [-0.25, -0.2) is 0 Å². The molecule has 3 nitrogen and oxygen atoms in total. The van der Waals surface area contributed by atoms with Gasteiger partial charge in [0.25, 0.3) is 0 Å². The maximum absolute atomic E-state index is 13.4. The maximum atomic E-state index is 13.4. The summed E-state index contributed by atoms with van der Waals surface area (Å²) in [4.78, 5) is 25.3. The van der Waals surface area contributed by atoms with Crippen LogP contribution in [0.4, 0.5) is 0 Å². The molecule has 0 saturated heterocycles. The number of carbonyl (C=O) groups excluding carboxylic acids is 2. The van der Waals surface area contributed by atoms with Crippen LogP contribution in [0.15, 0.2) is 0 Å². The minimum Gasteiger partial charge on any atom is -0.462 e. The van der Waals surface area contributed by atoms with Crippen molar-refractivity contribution in [3.8, 4) is 0 Å². The Morgan fingerprint density at radius 2 is 1.88 bits per heavy atom. The van der Waals surface area contributed by atoms with E-state index in [2.05, 4.69) is 27.7 Å². The predicted octanol–water partition coefficient (Wildman–Crippen LogP) is 4.78. The monoisotopic (exact) mass is 346 g/mol. The zero-order valence-electron chi connectivity index (χ0n) is 16.6. The van der Waals surface area contributed by atoms with Crippen LogP contribution in [0, 0.1) is 39.9 Å². The van der Waals surface area contributed by atoms with Crippen LogP contribution in [0.2, 0.25) is 0 Å². The molecule has 4 saturated carbocycles. The van der Waals surface area contributed by atoms with Gasteiger partial charge in [0, 0.05) is 24.2 Å². The molecular formula is C22H34O3. The fourth-order valence-corrected chi connectivity index (χ4v) is 8.20. The Balaban J connectivity index is 1.82. The zero-order valence-corrected chi connectivity index (χ0v) is 16.6. The molecular weight excluding hydrogens is 312 g/mol. The van der Waals surface area contributed by atoms with Gasteiger partial charge in [0.2, 0.25) is 0 Å². The first-order valence-electron chi connectivity index (χ1n) is 10.3. The fraction of sp³-hybridized carbons (Fsp3) is 0.909. The summed E-state index contributed by atoms with van der Waals surface area (Å²) in [7, 11) is 0. The first-order valence-corrected chi connectivity index (χ1v) is 10.3. The number of hydrogen-bond donors (Lipinski definition) is 0. The highest BCUT2D eigenvalue weighted by Gasteiger charge is 2.70. The van der Waals surface area contributed by atoms with Gasteiger partial charge in [0.05, 0.1) is 0 Å². The van der Waals surface area contributed by atoms with E-state index in [1.165, 1.54) is 26.2 Å². The third-order valence-electron chi connectivity index (χ3n) is 8.92. The van der Waals surface area contributed by atoms with Gasteiger partial charge in [-0.3, -0.25) is 9.59 Å². The van der Waals surface area contributed by atoms with Crippen molar-refractivity contribution in [2.24, 2.45) is 39.9 Å². The van der Waals surface area contributed by atoms with E-state index >= 15 is 0 Å². The SMILES string of the molecule is CC(=O)O[C@@H]1C[C@@H]2C[C@@]3(CC[C@@H]4C(C)(C)CCC[C@@]4(C)[C@H]13)C(=O)[C@H]2C. The van der Waals surface area contributed by atoms with Crippen molar-refractivity contribution in [3.05, 3.63) is 0 Å². The largest absolute Gasteiger partial charge is 0.462 e. The quantitative estimate of drug-likeness (QED) is 0.642. The Hall–Kier alpha value is -0.860. The van der Waals surface area contributed by atoms with E-state index in [0.717, 1.165) is 25.7 Å². The number of esters is 1. The minimum atomic E-state index is -0.221. The number of ketones is 1. The summed E-state index contributed by atoms with van der Waals surface area (Å²) in [5.41, 5.74) is 0.214. The van der Waals surface area contributed by atoms with Crippen LogP contribution < -0.4 is 0 Å². The molecule has 7 atom stereocenters. The second kappa shape index (κ2) is 5.33. The van der Waals surface area contributed by atoms with Gasteiger partial charge in [-0.2, -0.15) is 0 Å². The molecule has 0 aromatic heterocycles. The van der Waals surface area contributed by atoms with Gasteiger partial charge >= 0.3 is 5.97 Å². The van der Waals surface area contributed by atoms with E-state index in [-0.39, 0.29) is 34.7 Å². The van der Waals surface area contributed by atoms with Crippen LogP contribution in [0.5, 0.6) is 0 Å². The summed E-state index contributed by atoms with van der Waals surface area (Å²) in [5.74, 6) is 1.70. The van der Waals surface area contributed by atoms with Gasteiger partial charge in [-0.15, -0.1) is 0 Å². The lowest BCUT2D eigenvalue weighted by Gasteiger charge is -2.64. The molecule has 0 aliphatic heterocycles. The predicted molar refractivity (Wildman–Crippen MR) is 96.8 cm³/mol. The first kappa shape index (κ1) is 17.5. The summed E-state index contributed by atoms with van der Waals surface area (Å²) in [6.07, 6.45) is 7.73. The van der Waals surface area contributed by atoms with Crippen molar-refractivity contribution in [2.75, 3.05) is 0 Å². The van der Waals surface area contributed by atoms with Gasteiger partial charge in [0.15, 0.2) is 0 Å². The molecule has 0 radical (unpaired) electrons. The zero-order chi connectivity index (χ0) is 18.2. The molecule has 4 rings (SSSR count). The fourth-order valence-electron chi connectivity index (χ4n) is 8.20. The van der Waals surface area contributed by atoms with Crippen LogP contribution in [0.25, 0.3) is 0 Å². The van der Waals surface area contributed by atoms with Gasteiger partial charge < -0.3 is 4.74 Å². The number of fused-ring (bicyclic) bond motifs is 3. The van der Waals surface area contributed by atoms with Crippen molar-refractivity contribution >= 4 is 11.8 Å². The second-order valence-corrected chi connectivity index (χ2v) is 10.6. The van der Waals surface area contributed by atoms with Gasteiger partial charge in [-0.05, 0) is 61.2 Å². The number of Topliss-reactive ketones (excluding diaryl/α,β-unsaturated/α-hetero) is 1. The Kier molecular flexibility index (Phi) is 3.74. The van der Waals surface area contributed by atoms with Crippen molar-refractivity contribution in [1.82, 2.24) is 0 Å². The van der Waals surface area contributed by atoms with Crippen LogP contribution in [-0.4, -0.2) is 17.9 Å². The Labute approximate surface area is 152 Å². The molecule has 0 aromatic carbocycles. The van der Waals surface area contributed by atoms with Crippen LogP contribution in [0.1, 0.15) is 79.6 Å². The van der Waals surface area contributed by atoms with Gasteiger partial charge in [0.1, 0.15) is 11.9 Å². The van der Waals surface area contributed by atoms with Crippen molar-refractivity contribution < 1.29 is 14.3 Å². The second-order valence-electron chi connectivity index (χ2n) is 10.6. The first-order chi connectivity index (χ1) is 11.6. The van der Waals surface area contributed by atoms with Crippen molar-refractivity contribution in [1.29, 1.82) is 0 Å².